The number of amides is 1. The van der Waals surface area contributed by atoms with Crippen molar-refractivity contribution in [2.24, 2.45) is 0 Å². The molecule has 0 bridgehead atoms. The van der Waals surface area contributed by atoms with Gasteiger partial charge in [0.15, 0.2) is 0 Å². The molecule has 3 heteroatoms. The van der Waals surface area contributed by atoms with Crippen LogP contribution in [0.15, 0.2) is 24.3 Å². The highest BCUT2D eigenvalue weighted by Crippen LogP contribution is 2.10. The summed E-state index contributed by atoms with van der Waals surface area (Å²) in [5.74, 6) is 0.361. The lowest BCUT2D eigenvalue weighted by Crippen LogP contribution is -2.31. The summed E-state index contributed by atoms with van der Waals surface area (Å²) in [6.45, 7) is 5.43. The standard InChI is InChI=1S/C12H17NO2/c1-3-13(4-2)12(15)9-10-5-7-11(14)8-6-10/h5-8,14H,3-4,9H2,1-2H3. The summed E-state index contributed by atoms with van der Waals surface area (Å²) in [7, 11) is 0. The number of carbonyl (C=O) groups excluding carboxylic acids is 1. The Bertz CT molecular complexity index is 315. The highest BCUT2D eigenvalue weighted by atomic mass is 16.3. The topological polar surface area (TPSA) is 40.5 Å². The summed E-state index contributed by atoms with van der Waals surface area (Å²) >= 11 is 0. The number of hydrogen-bond donors (Lipinski definition) is 1. The molecule has 0 spiro atoms. The van der Waals surface area contributed by atoms with Gasteiger partial charge in [-0.15, -0.1) is 0 Å². The van der Waals surface area contributed by atoms with Gasteiger partial charge in [0.1, 0.15) is 5.75 Å². The Hall–Kier alpha value is -1.51. The third-order valence-electron chi connectivity index (χ3n) is 2.41. The molecule has 0 saturated carbocycles. The van der Waals surface area contributed by atoms with Gasteiger partial charge in [0.2, 0.25) is 5.91 Å². The molecule has 1 aromatic carbocycles. The van der Waals surface area contributed by atoms with Crippen LogP contribution in [-0.2, 0) is 11.2 Å². The minimum Gasteiger partial charge on any atom is -0.508 e. The molecule has 0 radical (unpaired) electrons. The van der Waals surface area contributed by atoms with Gasteiger partial charge in [0, 0.05) is 13.1 Å². The van der Waals surface area contributed by atoms with Gasteiger partial charge in [-0.3, -0.25) is 4.79 Å². The van der Waals surface area contributed by atoms with Gasteiger partial charge in [-0.25, -0.2) is 0 Å². The van der Waals surface area contributed by atoms with Crippen LogP contribution in [0, 0.1) is 0 Å². The molecule has 0 atom stereocenters. The van der Waals surface area contributed by atoms with Gasteiger partial charge in [0.25, 0.3) is 0 Å². The Kier molecular flexibility index (Phi) is 4.16. The summed E-state index contributed by atoms with van der Waals surface area (Å²) in [6.07, 6.45) is 0.405. The molecule has 0 aliphatic heterocycles. The maximum atomic E-state index is 11.7. The molecule has 1 N–H and O–H groups in total. The van der Waals surface area contributed by atoms with E-state index in [0.29, 0.717) is 6.42 Å². The number of phenolic OH excluding ortho intramolecular Hbond substituents is 1. The largest absolute Gasteiger partial charge is 0.508 e. The van der Waals surface area contributed by atoms with Crippen molar-refractivity contribution in [1.29, 1.82) is 0 Å². The van der Waals surface area contributed by atoms with Crippen molar-refractivity contribution in [2.45, 2.75) is 20.3 Å². The molecule has 0 unspecified atom stereocenters. The average Bonchev–Trinajstić information content (AvgIpc) is 2.23. The zero-order valence-electron chi connectivity index (χ0n) is 9.23. The molecule has 0 heterocycles. The van der Waals surface area contributed by atoms with E-state index < -0.39 is 0 Å². The number of phenols is 1. The van der Waals surface area contributed by atoms with Gasteiger partial charge in [-0.1, -0.05) is 12.1 Å². The molecule has 0 aliphatic rings. The number of nitrogens with zero attached hydrogens (tertiary/aromatic N) is 1. The number of rotatable bonds is 4. The molecular formula is C12H17NO2. The van der Waals surface area contributed by atoms with Crippen LogP contribution in [0.2, 0.25) is 0 Å². The Morgan fingerprint density at radius 3 is 2.20 bits per heavy atom. The highest BCUT2D eigenvalue weighted by molar-refractivity contribution is 5.78. The summed E-state index contributed by atoms with van der Waals surface area (Å²) in [4.78, 5) is 13.5. The van der Waals surface area contributed by atoms with E-state index in [1.807, 2.05) is 13.8 Å². The van der Waals surface area contributed by atoms with E-state index in [2.05, 4.69) is 0 Å². The molecule has 0 fully saturated rings. The van der Waals surface area contributed by atoms with Crippen molar-refractivity contribution in [3.8, 4) is 5.75 Å². The van der Waals surface area contributed by atoms with Crippen molar-refractivity contribution in [2.75, 3.05) is 13.1 Å². The van der Waals surface area contributed by atoms with E-state index in [4.69, 9.17) is 5.11 Å². The monoisotopic (exact) mass is 207 g/mol. The minimum absolute atomic E-state index is 0.130. The molecule has 15 heavy (non-hydrogen) atoms. The molecule has 1 amide bonds. The first-order chi connectivity index (χ1) is 7.17. The predicted octanol–water partition coefficient (Wildman–Crippen LogP) is 1.80. The van der Waals surface area contributed by atoms with Crippen LogP contribution in [0.25, 0.3) is 0 Å². The Morgan fingerprint density at radius 1 is 1.20 bits per heavy atom. The summed E-state index contributed by atoms with van der Waals surface area (Å²) in [6, 6.07) is 6.75. The molecular weight excluding hydrogens is 190 g/mol. The predicted molar refractivity (Wildman–Crippen MR) is 59.7 cm³/mol. The number of likely N-dealkylation sites (N-methyl/N-ethyl adjacent to an activating group) is 1. The number of aromatic hydroxyl groups is 1. The van der Waals surface area contributed by atoms with Crippen molar-refractivity contribution >= 4 is 5.91 Å². The summed E-state index contributed by atoms with van der Waals surface area (Å²) in [5.41, 5.74) is 0.935. The van der Waals surface area contributed by atoms with Gasteiger partial charge in [-0.05, 0) is 31.5 Å². The maximum absolute atomic E-state index is 11.7. The van der Waals surface area contributed by atoms with Crippen LogP contribution in [-0.4, -0.2) is 29.0 Å². The van der Waals surface area contributed by atoms with Crippen molar-refractivity contribution in [3.63, 3.8) is 0 Å². The third-order valence-corrected chi connectivity index (χ3v) is 2.41. The van der Waals surface area contributed by atoms with Gasteiger partial charge in [0.05, 0.1) is 6.42 Å². The van der Waals surface area contributed by atoms with Gasteiger partial charge in [-0.2, -0.15) is 0 Å². The normalized spacial score (nSPS) is 10.0. The quantitative estimate of drug-likeness (QED) is 0.818. The van der Waals surface area contributed by atoms with Crippen molar-refractivity contribution in [1.82, 2.24) is 4.90 Å². The summed E-state index contributed by atoms with van der Waals surface area (Å²) in [5, 5.41) is 9.10. The second-order valence-corrected chi connectivity index (χ2v) is 3.41. The fraction of sp³-hybridized carbons (Fsp3) is 0.417. The number of benzene rings is 1. The van der Waals surface area contributed by atoms with Crippen LogP contribution in [0.5, 0.6) is 5.75 Å². The molecule has 0 aliphatic carbocycles. The van der Waals surface area contributed by atoms with Crippen molar-refractivity contribution in [3.05, 3.63) is 29.8 Å². The van der Waals surface area contributed by atoms with Crippen LogP contribution in [0.1, 0.15) is 19.4 Å². The Balaban J connectivity index is 2.61. The zero-order chi connectivity index (χ0) is 11.3. The van der Waals surface area contributed by atoms with Crippen molar-refractivity contribution < 1.29 is 9.90 Å². The SMILES string of the molecule is CCN(CC)C(=O)Cc1ccc(O)cc1. The second kappa shape index (κ2) is 5.39. The maximum Gasteiger partial charge on any atom is 0.226 e. The first-order valence-electron chi connectivity index (χ1n) is 5.23. The van der Waals surface area contributed by atoms with Crippen LogP contribution in [0.3, 0.4) is 0 Å². The molecule has 1 rings (SSSR count). The Morgan fingerprint density at radius 2 is 1.73 bits per heavy atom. The highest BCUT2D eigenvalue weighted by Gasteiger charge is 2.09. The van der Waals surface area contributed by atoms with Gasteiger partial charge >= 0.3 is 0 Å². The van der Waals surface area contributed by atoms with Crippen LogP contribution >= 0.6 is 0 Å². The first kappa shape index (κ1) is 11.6. The smallest absolute Gasteiger partial charge is 0.226 e. The number of carbonyl (C=O) groups is 1. The fourth-order valence-corrected chi connectivity index (χ4v) is 1.48. The molecule has 3 nitrogen and oxygen atoms in total. The lowest BCUT2D eigenvalue weighted by molar-refractivity contribution is -0.130. The first-order valence-corrected chi connectivity index (χ1v) is 5.23. The van der Waals surface area contributed by atoms with Crippen LogP contribution < -0.4 is 0 Å². The molecule has 82 valence electrons. The van der Waals surface area contributed by atoms with E-state index in [9.17, 15) is 4.79 Å². The van der Waals surface area contributed by atoms with E-state index in [0.717, 1.165) is 18.7 Å². The minimum atomic E-state index is 0.130. The Labute approximate surface area is 90.3 Å². The van der Waals surface area contributed by atoms with Crippen LogP contribution in [0.4, 0.5) is 0 Å². The van der Waals surface area contributed by atoms with E-state index >= 15 is 0 Å². The van der Waals surface area contributed by atoms with E-state index in [1.165, 1.54) is 0 Å². The lowest BCUT2D eigenvalue weighted by atomic mass is 10.1. The molecule has 1 aromatic rings. The number of hydrogen-bond acceptors (Lipinski definition) is 2. The molecule has 0 aromatic heterocycles. The zero-order valence-corrected chi connectivity index (χ0v) is 9.23. The summed E-state index contributed by atoms with van der Waals surface area (Å²) < 4.78 is 0. The van der Waals surface area contributed by atoms with E-state index in [1.54, 1.807) is 29.2 Å². The molecule has 0 saturated heterocycles. The lowest BCUT2D eigenvalue weighted by Gasteiger charge is -2.18. The fourth-order valence-electron chi connectivity index (χ4n) is 1.48. The average molecular weight is 207 g/mol. The third kappa shape index (κ3) is 3.27. The van der Waals surface area contributed by atoms with Gasteiger partial charge < -0.3 is 10.0 Å². The van der Waals surface area contributed by atoms with E-state index in [-0.39, 0.29) is 11.7 Å². The second-order valence-electron chi connectivity index (χ2n) is 3.41.